The second kappa shape index (κ2) is 8.09. The fraction of sp³-hybridized carbons (Fsp3) is 0.625. The van der Waals surface area contributed by atoms with Gasteiger partial charge in [0.25, 0.3) is 0 Å². The van der Waals surface area contributed by atoms with Crippen molar-refractivity contribution in [3.63, 3.8) is 0 Å². The summed E-state index contributed by atoms with van der Waals surface area (Å²) in [6.07, 6.45) is 1.04. The molecule has 0 aliphatic carbocycles. The third kappa shape index (κ3) is 4.54. The lowest BCUT2D eigenvalue weighted by atomic mass is 10.0. The van der Waals surface area contributed by atoms with Crippen LogP contribution in [-0.2, 0) is 0 Å². The molecule has 0 amide bonds. The van der Waals surface area contributed by atoms with Gasteiger partial charge >= 0.3 is 0 Å². The van der Waals surface area contributed by atoms with Gasteiger partial charge in [0.2, 0.25) is 0 Å². The number of halogens is 2. The van der Waals surface area contributed by atoms with Crippen LogP contribution in [0.25, 0.3) is 0 Å². The van der Waals surface area contributed by atoms with E-state index in [0.717, 1.165) is 24.3 Å². The average Bonchev–Trinajstić information content (AvgIpc) is 2.44. The summed E-state index contributed by atoms with van der Waals surface area (Å²) in [5, 5.41) is 5.64. The van der Waals surface area contributed by atoms with Crippen LogP contribution in [0.4, 0.5) is 4.39 Å². The van der Waals surface area contributed by atoms with Gasteiger partial charge in [0.1, 0.15) is 5.82 Å². The minimum absolute atomic E-state index is 0.0506. The maximum Gasteiger partial charge on any atom is 0.129 e. The van der Waals surface area contributed by atoms with Gasteiger partial charge in [-0.3, -0.25) is 0 Å². The van der Waals surface area contributed by atoms with Crippen molar-refractivity contribution in [1.82, 2.24) is 5.32 Å². The molecule has 0 spiro atoms. The summed E-state index contributed by atoms with van der Waals surface area (Å²) in [6.45, 7) is 7.58. The summed E-state index contributed by atoms with van der Waals surface area (Å²) in [4.78, 5) is 0. The van der Waals surface area contributed by atoms with Gasteiger partial charge in [-0.25, -0.2) is 4.39 Å². The first-order chi connectivity index (χ1) is 10.0. The summed E-state index contributed by atoms with van der Waals surface area (Å²) in [5.74, 6) is 0.854. The van der Waals surface area contributed by atoms with Crippen LogP contribution in [0.5, 0.6) is 0 Å². The molecule has 2 rings (SSSR count). The van der Waals surface area contributed by atoms with Gasteiger partial charge in [0.15, 0.2) is 0 Å². The Bertz CT molecular complexity index is 472. The van der Waals surface area contributed by atoms with Crippen molar-refractivity contribution in [2.24, 2.45) is 0 Å². The first kappa shape index (κ1) is 17.5. The zero-order valence-corrected chi connectivity index (χ0v) is 15.1. The lowest BCUT2D eigenvalue weighted by Gasteiger charge is -2.36. The van der Waals surface area contributed by atoms with Crippen molar-refractivity contribution in [3.8, 4) is 0 Å². The molecule has 0 bridgehead atoms. The van der Waals surface area contributed by atoms with Crippen LogP contribution in [0.2, 0.25) is 5.02 Å². The second-order valence-corrected chi connectivity index (χ2v) is 8.98. The molecule has 1 aromatic rings. The summed E-state index contributed by atoms with van der Waals surface area (Å²) < 4.78 is 14.3. The highest BCUT2D eigenvalue weighted by Gasteiger charge is 2.33. The van der Waals surface area contributed by atoms with Crippen LogP contribution < -0.4 is 5.32 Å². The molecule has 1 heterocycles. The van der Waals surface area contributed by atoms with Crippen molar-refractivity contribution in [2.75, 3.05) is 12.3 Å². The molecule has 1 saturated heterocycles. The van der Waals surface area contributed by atoms with E-state index in [4.69, 9.17) is 11.6 Å². The molecule has 1 aliphatic heterocycles. The molecule has 1 aliphatic rings. The molecule has 1 fully saturated rings. The predicted molar refractivity (Wildman–Crippen MR) is 95.2 cm³/mol. The SMILES string of the molecule is CCCNC(c1ccc(Cl)cc1F)C1CSC(C)C(C)S1. The van der Waals surface area contributed by atoms with Gasteiger partial charge in [0.05, 0.1) is 0 Å². The smallest absolute Gasteiger partial charge is 0.129 e. The summed E-state index contributed by atoms with van der Waals surface area (Å²) in [6, 6.07) is 5.09. The molecule has 4 unspecified atom stereocenters. The molecule has 0 saturated carbocycles. The number of hydrogen-bond acceptors (Lipinski definition) is 3. The van der Waals surface area contributed by atoms with E-state index in [2.05, 4.69) is 26.1 Å². The van der Waals surface area contributed by atoms with Gasteiger partial charge in [-0.2, -0.15) is 23.5 Å². The minimum atomic E-state index is -0.201. The lowest BCUT2D eigenvalue weighted by Crippen LogP contribution is -2.38. The Morgan fingerprint density at radius 1 is 1.38 bits per heavy atom. The third-order valence-corrected chi connectivity index (χ3v) is 7.59. The maximum absolute atomic E-state index is 14.3. The average molecular weight is 348 g/mol. The van der Waals surface area contributed by atoms with Crippen molar-refractivity contribution < 1.29 is 4.39 Å². The van der Waals surface area contributed by atoms with E-state index in [1.165, 1.54) is 6.07 Å². The maximum atomic E-state index is 14.3. The Morgan fingerprint density at radius 3 is 2.76 bits per heavy atom. The Balaban J connectivity index is 2.21. The molecule has 1 aromatic carbocycles. The van der Waals surface area contributed by atoms with Gasteiger partial charge in [-0.05, 0) is 25.1 Å². The van der Waals surface area contributed by atoms with Gasteiger partial charge in [-0.1, -0.05) is 38.4 Å². The molecule has 0 radical (unpaired) electrons. The van der Waals surface area contributed by atoms with Crippen molar-refractivity contribution in [2.45, 2.75) is 49.0 Å². The number of rotatable bonds is 5. The molecule has 1 N–H and O–H groups in total. The van der Waals surface area contributed by atoms with E-state index in [-0.39, 0.29) is 11.9 Å². The standard InChI is InChI=1S/C16H23ClFNS2/c1-4-7-19-16(13-6-5-12(17)8-14(13)18)15-9-20-10(2)11(3)21-15/h5-6,8,10-11,15-16,19H,4,7,9H2,1-3H3. The summed E-state index contributed by atoms with van der Waals surface area (Å²) in [7, 11) is 0. The second-order valence-electron chi connectivity index (χ2n) is 5.52. The molecule has 21 heavy (non-hydrogen) atoms. The number of hydrogen-bond donors (Lipinski definition) is 1. The van der Waals surface area contributed by atoms with E-state index in [1.807, 2.05) is 29.6 Å². The van der Waals surface area contributed by atoms with Crippen LogP contribution in [-0.4, -0.2) is 28.0 Å². The molecule has 0 aromatic heterocycles. The number of thioether (sulfide) groups is 2. The Labute approximate surface area is 140 Å². The zero-order valence-electron chi connectivity index (χ0n) is 12.7. The lowest BCUT2D eigenvalue weighted by molar-refractivity contribution is 0.496. The molecule has 5 heteroatoms. The molecule has 4 atom stereocenters. The first-order valence-electron chi connectivity index (χ1n) is 7.48. The fourth-order valence-electron chi connectivity index (χ4n) is 2.48. The first-order valence-corrected chi connectivity index (χ1v) is 9.85. The van der Waals surface area contributed by atoms with E-state index in [1.54, 1.807) is 6.07 Å². The quantitative estimate of drug-likeness (QED) is 0.791. The summed E-state index contributed by atoms with van der Waals surface area (Å²) in [5.41, 5.74) is 0.743. The van der Waals surface area contributed by atoms with E-state index >= 15 is 0 Å². The number of benzene rings is 1. The predicted octanol–water partition coefficient (Wildman–Crippen LogP) is 5.15. The molecular weight excluding hydrogens is 325 g/mol. The minimum Gasteiger partial charge on any atom is -0.309 e. The fourth-order valence-corrected chi connectivity index (χ4v) is 5.74. The van der Waals surface area contributed by atoms with Crippen LogP contribution in [0.15, 0.2) is 18.2 Å². The molecule has 1 nitrogen and oxygen atoms in total. The van der Waals surface area contributed by atoms with Gasteiger partial charge in [-0.15, -0.1) is 0 Å². The van der Waals surface area contributed by atoms with E-state index in [9.17, 15) is 4.39 Å². The van der Waals surface area contributed by atoms with Crippen LogP contribution in [0, 0.1) is 5.82 Å². The van der Waals surface area contributed by atoms with Crippen molar-refractivity contribution >= 4 is 35.1 Å². The summed E-state index contributed by atoms with van der Waals surface area (Å²) >= 11 is 9.85. The highest BCUT2D eigenvalue weighted by molar-refractivity contribution is 8.07. The van der Waals surface area contributed by atoms with Crippen LogP contribution in [0.1, 0.15) is 38.8 Å². The molecular formula is C16H23ClFNS2. The zero-order chi connectivity index (χ0) is 15.4. The van der Waals surface area contributed by atoms with E-state index in [0.29, 0.717) is 20.8 Å². The third-order valence-electron chi connectivity index (χ3n) is 3.86. The monoisotopic (exact) mass is 347 g/mol. The highest BCUT2D eigenvalue weighted by atomic mass is 35.5. The molecule has 118 valence electrons. The van der Waals surface area contributed by atoms with Crippen LogP contribution in [0.3, 0.4) is 0 Å². The largest absolute Gasteiger partial charge is 0.309 e. The van der Waals surface area contributed by atoms with E-state index < -0.39 is 0 Å². The Morgan fingerprint density at radius 2 is 2.14 bits per heavy atom. The Hall–Kier alpha value is 0.1000. The van der Waals surface area contributed by atoms with Gasteiger partial charge in [0, 0.05) is 38.1 Å². The van der Waals surface area contributed by atoms with Gasteiger partial charge < -0.3 is 5.32 Å². The Kier molecular flexibility index (Phi) is 6.73. The van der Waals surface area contributed by atoms with Crippen LogP contribution >= 0.6 is 35.1 Å². The topological polar surface area (TPSA) is 12.0 Å². The van der Waals surface area contributed by atoms with Crippen molar-refractivity contribution in [1.29, 1.82) is 0 Å². The van der Waals surface area contributed by atoms with Crippen molar-refractivity contribution in [3.05, 3.63) is 34.6 Å². The highest BCUT2D eigenvalue weighted by Crippen LogP contribution is 2.41. The normalized spacial score (nSPS) is 27.6. The number of nitrogens with one attached hydrogen (secondary N) is 1.